The van der Waals surface area contributed by atoms with Crippen LogP contribution in [0.2, 0.25) is 0 Å². The molecule has 1 N–H and O–H groups in total. The molecule has 1 saturated carbocycles. The number of pyridine rings is 2. The summed E-state index contributed by atoms with van der Waals surface area (Å²) in [6.45, 7) is 3.24. The maximum Gasteiger partial charge on any atom is 0.417 e. The van der Waals surface area contributed by atoms with Gasteiger partial charge in [0.1, 0.15) is 12.4 Å². The van der Waals surface area contributed by atoms with Crippen LogP contribution >= 0.6 is 0 Å². The van der Waals surface area contributed by atoms with Crippen molar-refractivity contribution in [2.24, 2.45) is 11.1 Å². The average molecular weight is 572 g/mol. The Hall–Kier alpha value is -4.04. The van der Waals surface area contributed by atoms with E-state index in [0.717, 1.165) is 24.8 Å². The fourth-order valence-electron chi connectivity index (χ4n) is 4.88. The summed E-state index contributed by atoms with van der Waals surface area (Å²) in [6, 6.07) is 7.97. The minimum atomic E-state index is -4.68. The zero-order chi connectivity index (χ0) is 29.8. The van der Waals surface area contributed by atoms with Crippen molar-refractivity contribution in [3.8, 4) is 35.4 Å². The highest BCUT2D eigenvalue weighted by molar-refractivity contribution is 5.68. The molecule has 41 heavy (non-hydrogen) atoms. The van der Waals surface area contributed by atoms with Gasteiger partial charge in [0.05, 0.1) is 23.8 Å². The van der Waals surface area contributed by atoms with Gasteiger partial charge in [-0.2, -0.15) is 13.2 Å². The van der Waals surface area contributed by atoms with Crippen LogP contribution in [0.4, 0.5) is 17.6 Å². The van der Waals surface area contributed by atoms with Crippen LogP contribution in [-0.2, 0) is 19.2 Å². The summed E-state index contributed by atoms with van der Waals surface area (Å²) in [7, 11) is 0. The van der Waals surface area contributed by atoms with Gasteiger partial charge in [-0.25, -0.2) is 14.4 Å². The van der Waals surface area contributed by atoms with Crippen molar-refractivity contribution in [2.45, 2.75) is 63.8 Å². The number of ether oxygens (including phenoxy) is 2. The van der Waals surface area contributed by atoms with Crippen LogP contribution in [0.5, 0.6) is 11.8 Å². The fraction of sp³-hybridized carbons (Fsp3) is 0.400. The molecule has 2 atom stereocenters. The summed E-state index contributed by atoms with van der Waals surface area (Å²) in [6.07, 6.45) is 5.60. The van der Waals surface area contributed by atoms with Crippen LogP contribution in [-0.4, -0.2) is 27.3 Å². The maximum atomic E-state index is 14.5. The number of nitrogens with zero attached hydrogens (tertiary/aromatic N) is 3. The lowest BCUT2D eigenvalue weighted by Crippen LogP contribution is -2.19. The van der Waals surface area contributed by atoms with Crippen molar-refractivity contribution in [3.63, 3.8) is 0 Å². The summed E-state index contributed by atoms with van der Waals surface area (Å²) in [4.78, 5) is 17.0. The van der Waals surface area contributed by atoms with E-state index >= 15 is 0 Å². The molecule has 1 aromatic carbocycles. The third kappa shape index (κ3) is 7.79. The van der Waals surface area contributed by atoms with Crippen molar-refractivity contribution in [1.29, 1.82) is 0 Å². The van der Waals surface area contributed by atoms with E-state index in [9.17, 15) is 22.7 Å². The van der Waals surface area contributed by atoms with Gasteiger partial charge in [0, 0.05) is 40.8 Å². The number of hydrogen-bond donors (Lipinski definition) is 1. The van der Waals surface area contributed by atoms with Gasteiger partial charge in [0.25, 0.3) is 0 Å². The van der Waals surface area contributed by atoms with Crippen molar-refractivity contribution < 1.29 is 32.1 Å². The van der Waals surface area contributed by atoms with E-state index in [-0.39, 0.29) is 35.8 Å². The molecule has 0 bridgehead atoms. The molecule has 2 aliphatic carbocycles. The molecule has 7 nitrogen and oxygen atoms in total. The minimum absolute atomic E-state index is 0.114. The van der Waals surface area contributed by atoms with E-state index in [1.807, 2.05) is 17.4 Å². The van der Waals surface area contributed by atoms with Crippen LogP contribution in [0.3, 0.4) is 0 Å². The Morgan fingerprint density at radius 1 is 1.12 bits per heavy atom. The first-order chi connectivity index (χ1) is 19.4. The second-order valence-electron chi connectivity index (χ2n) is 10.7. The van der Waals surface area contributed by atoms with Gasteiger partial charge in [-0.1, -0.05) is 12.5 Å². The number of hydrogen-bond acceptors (Lipinski definition) is 7. The highest BCUT2D eigenvalue weighted by Crippen LogP contribution is 2.56. The van der Waals surface area contributed by atoms with Crippen LogP contribution in [0.25, 0.3) is 11.1 Å². The molecule has 2 aliphatic rings. The van der Waals surface area contributed by atoms with E-state index in [2.05, 4.69) is 16.4 Å². The molecule has 2 unspecified atom stereocenters. The van der Waals surface area contributed by atoms with Gasteiger partial charge in [0.2, 0.25) is 11.8 Å². The number of aromatic nitrogens is 2. The predicted molar refractivity (Wildman–Crippen MR) is 143 cm³/mol. The Balaban J connectivity index is 0.000000909. The molecule has 11 heteroatoms. The first kappa shape index (κ1) is 29.9. The van der Waals surface area contributed by atoms with E-state index in [4.69, 9.17) is 14.4 Å². The number of nitroso groups, excluding NO2 is 1. The van der Waals surface area contributed by atoms with Crippen molar-refractivity contribution in [2.75, 3.05) is 6.61 Å². The van der Waals surface area contributed by atoms with Gasteiger partial charge in [-0.3, -0.25) is 0 Å². The summed E-state index contributed by atoms with van der Waals surface area (Å²) in [5, 5.41) is 11.8. The molecule has 0 aliphatic heterocycles. The first-order valence-electron chi connectivity index (χ1n) is 13.0. The molecule has 0 saturated heterocycles. The van der Waals surface area contributed by atoms with Crippen LogP contribution < -0.4 is 9.47 Å². The molecule has 216 valence electrons. The Bertz CT molecular complexity index is 1450. The number of aliphatic hydroxyl groups is 1. The molecule has 0 radical (unpaired) electrons. The summed E-state index contributed by atoms with van der Waals surface area (Å²) < 4.78 is 67.4. The van der Waals surface area contributed by atoms with Gasteiger partial charge in [-0.15, -0.1) is 4.91 Å². The molecule has 5 rings (SSSR count). The third-order valence-corrected chi connectivity index (χ3v) is 6.96. The van der Waals surface area contributed by atoms with Gasteiger partial charge in [-0.05, 0) is 80.2 Å². The van der Waals surface area contributed by atoms with Crippen molar-refractivity contribution >= 4 is 0 Å². The molecular formula is C30H29F4N3O4. The van der Waals surface area contributed by atoms with Gasteiger partial charge < -0.3 is 14.6 Å². The first-order valence-corrected chi connectivity index (χ1v) is 13.0. The van der Waals surface area contributed by atoms with E-state index < -0.39 is 23.2 Å². The van der Waals surface area contributed by atoms with E-state index in [0.29, 0.717) is 30.6 Å². The Morgan fingerprint density at radius 2 is 1.83 bits per heavy atom. The molecule has 3 aromatic rings. The minimum Gasteiger partial charge on any atom is -0.478 e. The predicted octanol–water partition coefficient (Wildman–Crippen LogP) is 6.81. The standard InChI is InChI=1S/C28H28F4N2O3.C2HNO/c1-27(2,35)6-3-7-36-26-12-23(28(30,31)32)22(14-34-26)16-4-5-24(29)19(8-16)15-37-25-11-18-9-17-10-20(17)21(18)13-33-25;1-2-3-4/h4-5,8,11-14,17,20,35H,3,6-7,9-10,15H2,1-2H3;1H. The Labute approximate surface area is 234 Å². The topological polar surface area (TPSA) is 93.9 Å². The highest BCUT2D eigenvalue weighted by Gasteiger charge is 2.45. The molecule has 2 aromatic heterocycles. The van der Waals surface area contributed by atoms with Crippen LogP contribution in [0.15, 0.2) is 47.9 Å². The average Bonchev–Trinajstić information content (AvgIpc) is 3.60. The lowest BCUT2D eigenvalue weighted by Gasteiger charge is -2.17. The SMILES string of the molecule is C#CN=O.CC(C)(O)CCCOc1cc(C(F)(F)F)c(-c2ccc(F)c(COc3cc4c(cn3)C3CC3C4)c2)cn1. The quantitative estimate of drug-likeness (QED) is 0.131. The molecule has 1 fully saturated rings. The lowest BCUT2D eigenvalue weighted by atomic mass is 9.99. The normalized spacial score (nSPS) is 16.9. The largest absolute Gasteiger partial charge is 0.478 e. The second-order valence-corrected chi connectivity index (χ2v) is 10.7. The monoisotopic (exact) mass is 571 g/mol. The number of alkyl halides is 3. The van der Waals surface area contributed by atoms with Crippen molar-refractivity contribution in [3.05, 3.63) is 75.7 Å². The van der Waals surface area contributed by atoms with Crippen LogP contribution in [0.1, 0.15) is 61.3 Å². The maximum absolute atomic E-state index is 14.5. The number of fused-ring (bicyclic) bond motifs is 3. The molecule has 0 spiro atoms. The summed E-state index contributed by atoms with van der Waals surface area (Å²) in [5.41, 5.74) is 0.715. The van der Waals surface area contributed by atoms with Crippen molar-refractivity contribution in [1.82, 2.24) is 9.97 Å². The Kier molecular flexibility index (Phi) is 8.92. The smallest absolute Gasteiger partial charge is 0.417 e. The zero-order valence-electron chi connectivity index (χ0n) is 22.5. The zero-order valence-corrected chi connectivity index (χ0v) is 22.5. The number of benzene rings is 1. The molecule has 2 heterocycles. The van der Waals surface area contributed by atoms with Gasteiger partial charge >= 0.3 is 6.18 Å². The van der Waals surface area contributed by atoms with E-state index in [1.165, 1.54) is 35.7 Å². The van der Waals surface area contributed by atoms with Crippen LogP contribution in [0, 0.1) is 29.1 Å². The molecular weight excluding hydrogens is 542 g/mol. The van der Waals surface area contributed by atoms with Gasteiger partial charge in [0.15, 0.2) is 0 Å². The summed E-state index contributed by atoms with van der Waals surface area (Å²) in [5.74, 6) is 0.916. The third-order valence-electron chi connectivity index (χ3n) is 6.96. The second kappa shape index (κ2) is 12.2. The summed E-state index contributed by atoms with van der Waals surface area (Å²) >= 11 is 0. The molecule has 0 amide bonds. The Morgan fingerprint density at radius 3 is 2.51 bits per heavy atom. The lowest BCUT2D eigenvalue weighted by molar-refractivity contribution is -0.137. The number of rotatable bonds is 9. The number of halogens is 4. The fourth-order valence-corrected chi connectivity index (χ4v) is 4.88. The van der Waals surface area contributed by atoms with E-state index in [1.54, 1.807) is 13.8 Å². The number of terminal acetylenes is 1. The highest BCUT2D eigenvalue weighted by atomic mass is 19.4.